The van der Waals surface area contributed by atoms with Gasteiger partial charge in [0.15, 0.2) is 0 Å². The second kappa shape index (κ2) is 10.3. The molecule has 0 fully saturated rings. The van der Waals surface area contributed by atoms with Gasteiger partial charge in [-0.1, -0.05) is 13.8 Å². The molecule has 6 heteroatoms. The van der Waals surface area contributed by atoms with Crippen molar-refractivity contribution in [2.75, 3.05) is 45.4 Å². The summed E-state index contributed by atoms with van der Waals surface area (Å²) in [5, 5.41) is 3.19. The maximum Gasteiger partial charge on any atom is 0.218 e. The molecular formula is C15H27N3O3. The SMILES string of the molecule is CCNc1cc(OCCOCCCOC)nc(C(C)C)n1. The van der Waals surface area contributed by atoms with Crippen molar-refractivity contribution in [2.45, 2.75) is 33.1 Å². The molecule has 1 rings (SSSR count). The van der Waals surface area contributed by atoms with Crippen molar-refractivity contribution < 1.29 is 14.2 Å². The van der Waals surface area contributed by atoms with E-state index >= 15 is 0 Å². The molecule has 1 aromatic rings. The van der Waals surface area contributed by atoms with Crippen molar-refractivity contribution in [3.8, 4) is 5.88 Å². The molecule has 0 atom stereocenters. The van der Waals surface area contributed by atoms with Crippen molar-refractivity contribution in [1.82, 2.24) is 9.97 Å². The van der Waals surface area contributed by atoms with Crippen molar-refractivity contribution in [3.05, 3.63) is 11.9 Å². The number of ether oxygens (including phenoxy) is 3. The van der Waals surface area contributed by atoms with Crippen LogP contribution in [-0.4, -0.2) is 50.1 Å². The lowest BCUT2D eigenvalue weighted by atomic mass is 10.2. The minimum absolute atomic E-state index is 0.260. The van der Waals surface area contributed by atoms with E-state index in [1.165, 1.54) is 0 Å². The Bertz CT molecular complexity index is 400. The third-order valence-corrected chi connectivity index (χ3v) is 2.71. The summed E-state index contributed by atoms with van der Waals surface area (Å²) in [5.74, 6) is 2.43. The van der Waals surface area contributed by atoms with Crippen LogP contribution in [0.5, 0.6) is 5.88 Å². The predicted molar refractivity (Wildman–Crippen MR) is 83.1 cm³/mol. The molecule has 1 N–H and O–H groups in total. The van der Waals surface area contributed by atoms with E-state index in [2.05, 4.69) is 29.1 Å². The summed E-state index contributed by atoms with van der Waals surface area (Å²) in [6, 6.07) is 1.82. The summed E-state index contributed by atoms with van der Waals surface area (Å²) in [6.45, 7) is 9.40. The Hall–Kier alpha value is -1.40. The van der Waals surface area contributed by atoms with E-state index in [0.29, 0.717) is 25.7 Å². The smallest absolute Gasteiger partial charge is 0.218 e. The van der Waals surface area contributed by atoms with Gasteiger partial charge in [-0.2, -0.15) is 4.98 Å². The molecule has 0 aliphatic rings. The highest BCUT2D eigenvalue weighted by molar-refractivity contribution is 5.38. The maximum atomic E-state index is 5.64. The second-order valence-electron chi connectivity index (χ2n) is 4.94. The molecule has 0 aliphatic heterocycles. The van der Waals surface area contributed by atoms with Crippen molar-refractivity contribution in [2.24, 2.45) is 0 Å². The van der Waals surface area contributed by atoms with E-state index in [0.717, 1.165) is 31.2 Å². The summed E-state index contributed by atoms with van der Waals surface area (Å²) < 4.78 is 16.0. The minimum Gasteiger partial charge on any atom is -0.475 e. The van der Waals surface area contributed by atoms with Gasteiger partial charge in [0.2, 0.25) is 5.88 Å². The van der Waals surface area contributed by atoms with Gasteiger partial charge in [0.1, 0.15) is 18.2 Å². The monoisotopic (exact) mass is 297 g/mol. The first-order valence-corrected chi connectivity index (χ1v) is 7.49. The van der Waals surface area contributed by atoms with Crippen LogP contribution in [0.3, 0.4) is 0 Å². The molecule has 0 radical (unpaired) electrons. The molecule has 1 heterocycles. The summed E-state index contributed by atoms with van der Waals surface area (Å²) in [5.41, 5.74) is 0. The normalized spacial score (nSPS) is 10.9. The summed E-state index contributed by atoms with van der Waals surface area (Å²) in [7, 11) is 1.69. The highest BCUT2D eigenvalue weighted by atomic mass is 16.5. The fourth-order valence-corrected chi connectivity index (χ4v) is 1.66. The Morgan fingerprint density at radius 3 is 2.62 bits per heavy atom. The molecule has 0 bridgehead atoms. The molecule has 0 aromatic carbocycles. The molecule has 0 aliphatic carbocycles. The largest absolute Gasteiger partial charge is 0.475 e. The van der Waals surface area contributed by atoms with Crippen LogP contribution >= 0.6 is 0 Å². The zero-order valence-corrected chi connectivity index (χ0v) is 13.5. The van der Waals surface area contributed by atoms with E-state index in [9.17, 15) is 0 Å². The van der Waals surface area contributed by atoms with Gasteiger partial charge in [0, 0.05) is 38.9 Å². The fraction of sp³-hybridized carbons (Fsp3) is 0.733. The molecule has 0 saturated carbocycles. The molecule has 0 spiro atoms. The second-order valence-corrected chi connectivity index (χ2v) is 4.94. The van der Waals surface area contributed by atoms with Gasteiger partial charge in [0.25, 0.3) is 0 Å². The number of rotatable bonds is 11. The summed E-state index contributed by atoms with van der Waals surface area (Å²) in [6.07, 6.45) is 0.895. The van der Waals surface area contributed by atoms with Crippen LogP contribution in [0.4, 0.5) is 5.82 Å². The number of nitrogens with zero attached hydrogens (tertiary/aromatic N) is 2. The predicted octanol–water partition coefficient (Wildman–Crippen LogP) is 2.46. The Balaban J connectivity index is 2.42. The molecule has 21 heavy (non-hydrogen) atoms. The van der Waals surface area contributed by atoms with E-state index < -0.39 is 0 Å². The molecule has 0 saturated heterocycles. The van der Waals surface area contributed by atoms with E-state index in [4.69, 9.17) is 14.2 Å². The molecule has 0 amide bonds. The van der Waals surface area contributed by atoms with Crippen molar-refractivity contribution in [3.63, 3.8) is 0 Å². The number of anilines is 1. The van der Waals surface area contributed by atoms with Gasteiger partial charge in [-0.05, 0) is 13.3 Å². The average Bonchev–Trinajstić information content (AvgIpc) is 2.46. The Morgan fingerprint density at radius 1 is 1.14 bits per heavy atom. The lowest BCUT2D eigenvalue weighted by molar-refractivity contribution is 0.0794. The van der Waals surface area contributed by atoms with Crippen LogP contribution < -0.4 is 10.1 Å². The lowest BCUT2D eigenvalue weighted by Gasteiger charge is -2.12. The van der Waals surface area contributed by atoms with Gasteiger partial charge < -0.3 is 19.5 Å². The van der Waals surface area contributed by atoms with Gasteiger partial charge in [-0.3, -0.25) is 0 Å². The van der Waals surface area contributed by atoms with Crippen LogP contribution in [0.1, 0.15) is 38.9 Å². The first-order chi connectivity index (χ1) is 10.2. The van der Waals surface area contributed by atoms with Crippen LogP contribution in [0, 0.1) is 0 Å². The van der Waals surface area contributed by atoms with Crippen LogP contribution in [0.25, 0.3) is 0 Å². The summed E-state index contributed by atoms with van der Waals surface area (Å²) >= 11 is 0. The molecular weight excluding hydrogens is 270 g/mol. The third kappa shape index (κ3) is 7.24. The number of aromatic nitrogens is 2. The number of hydrogen-bond donors (Lipinski definition) is 1. The maximum absolute atomic E-state index is 5.64. The van der Waals surface area contributed by atoms with Gasteiger partial charge in [-0.25, -0.2) is 4.98 Å². The van der Waals surface area contributed by atoms with Gasteiger partial charge in [-0.15, -0.1) is 0 Å². The zero-order valence-electron chi connectivity index (χ0n) is 13.5. The van der Waals surface area contributed by atoms with Crippen LogP contribution in [0.15, 0.2) is 6.07 Å². The Labute approximate surface area is 127 Å². The van der Waals surface area contributed by atoms with Crippen molar-refractivity contribution >= 4 is 5.82 Å². The van der Waals surface area contributed by atoms with Crippen LogP contribution in [-0.2, 0) is 9.47 Å². The van der Waals surface area contributed by atoms with E-state index in [-0.39, 0.29) is 5.92 Å². The molecule has 120 valence electrons. The Morgan fingerprint density at radius 2 is 1.95 bits per heavy atom. The first-order valence-electron chi connectivity index (χ1n) is 7.49. The Kier molecular flexibility index (Phi) is 8.69. The van der Waals surface area contributed by atoms with Crippen molar-refractivity contribution in [1.29, 1.82) is 0 Å². The average molecular weight is 297 g/mol. The van der Waals surface area contributed by atoms with Gasteiger partial charge >= 0.3 is 0 Å². The number of nitrogens with one attached hydrogen (secondary N) is 1. The highest BCUT2D eigenvalue weighted by Crippen LogP contribution is 2.18. The highest BCUT2D eigenvalue weighted by Gasteiger charge is 2.08. The van der Waals surface area contributed by atoms with Crippen LogP contribution in [0.2, 0.25) is 0 Å². The standard InChI is InChI=1S/C15H27N3O3/c1-5-16-13-11-14(18-15(17-13)12(2)3)21-10-9-20-8-6-7-19-4/h11-12H,5-10H2,1-4H3,(H,16,17,18). The molecule has 6 nitrogen and oxygen atoms in total. The van der Waals surface area contributed by atoms with E-state index in [1.54, 1.807) is 7.11 Å². The topological polar surface area (TPSA) is 65.5 Å². The quantitative estimate of drug-likeness (QED) is 0.633. The third-order valence-electron chi connectivity index (χ3n) is 2.71. The minimum atomic E-state index is 0.260. The number of methoxy groups -OCH3 is 1. The van der Waals surface area contributed by atoms with E-state index in [1.807, 2.05) is 13.0 Å². The summed E-state index contributed by atoms with van der Waals surface area (Å²) in [4.78, 5) is 8.87. The number of hydrogen-bond acceptors (Lipinski definition) is 6. The van der Waals surface area contributed by atoms with Gasteiger partial charge in [0.05, 0.1) is 6.61 Å². The molecule has 1 aromatic heterocycles. The fourth-order valence-electron chi connectivity index (χ4n) is 1.66. The first kappa shape index (κ1) is 17.7. The zero-order chi connectivity index (χ0) is 15.5. The lowest BCUT2D eigenvalue weighted by Crippen LogP contribution is -2.11. The molecule has 0 unspecified atom stereocenters.